The quantitative estimate of drug-likeness (QED) is 0.295. The lowest BCUT2D eigenvalue weighted by atomic mass is 9.86. The Kier molecular flexibility index (Phi) is 6.53. The molecule has 7 nitrogen and oxygen atoms in total. The maximum absolute atomic E-state index is 13.5. The molecular weight excluding hydrogens is 548 g/mol. The van der Waals surface area contributed by atoms with E-state index >= 15 is 0 Å². The molecule has 2 aromatic heterocycles. The molecule has 2 aliphatic rings. The molecule has 1 saturated heterocycles. The number of thiophene rings is 1. The van der Waals surface area contributed by atoms with Gasteiger partial charge >= 0.3 is 0 Å². The molecule has 1 amide bonds. The number of piperazine rings is 1. The molecule has 1 fully saturated rings. The fourth-order valence-electron chi connectivity index (χ4n) is 5.30. The normalized spacial score (nSPS) is 17.4. The fourth-order valence-corrected chi connectivity index (χ4v) is 6.97. The molecule has 9 heteroatoms. The Morgan fingerprint density at radius 3 is 2.68 bits per heavy atom. The second-order valence-corrected chi connectivity index (χ2v) is 11.4. The van der Waals surface area contributed by atoms with Crippen LogP contribution >= 0.6 is 27.3 Å². The predicted molar refractivity (Wildman–Crippen MR) is 152 cm³/mol. The summed E-state index contributed by atoms with van der Waals surface area (Å²) in [6.45, 7) is 10.2. The standard InChI is InChI=1S/C28H25BrN6OS/c1-30-20-6-8-22(9-7-20)34-11-13-35(14-12-34)28(36)18-5-10-23-24(15-18)37-27-25(23)26(31-17-32-27)33-21-4-2-3-19(29)16-21/h2-4,6-9,16-18H,5,10-15H2,(H,31,32,33). The summed E-state index contributed by atoms with van der Waals surface area (Å²) in [5.41, 5.74) is 4.02. The minimum atomic E-state index is 0.0134. The molecule has 0 bridgehead atoms. The smallest absolute Gasteiger partial charge is 0.226 e. The number of aromatic nitrogens is 2. The van der Waals surface area contributed by atoms with Crippen LogP contribution in [0.3, 0.4) is 0 Å². The highest BCUT2D eigenvalue weighted by atomic mass is 79.9. The first-order valence-electron chi connectivity index (χ1n) is 12.4. The van der Waals surface area contributed by atoms with Gasteiger partial charge in [0.15, 0.2) is 5.69 Å². The Hall–Kier alpha value is -3.48. The second-order valence-electron chi connectivity index (χ2n) is 9.42. The van der Waals surface area contributed by atoms with E-state index in [1.165, 1.54) is 10.4 Å². The summed E-state index contributed by atoms with van der Waals surface area (Å²) < 4.78 is 1.01. The third-order valence-corrected chi connectivity index (χ3v) is 8.87. The van der Waals surface area contributed by atoms with Gasteiger partial charge in [-0.2, -0.15) is 0 Å². The van der Waals surface area contributed by atoms with Gasteiger partial charge in [0, 0.05) is 52.8 Å². The average Bonchev–Trinajstić information content (AvgIpc) is 3.32. The first-order chi connectivity index (χ1) is 18.1. The number of nitrogens with zero attached hydrogens (tertiary/aromatic N) is 5. The molecule has 3 heterocycles. The second kappa shape index (κ2) is 10.1. The van der Waals surface area contributed by atoms with Gasteiger partial charge in [-0.1, -0.05) is 34.1 Å². The highest BCUT2D eigenvalue weighted by Crippen LogP contribution is 2.41. The molecule has 1 aliphatic carbocycles. The van der Waals surface area contributed by atoms with Gasteiger partial charge < -0.3 is 15.1 Å². The molecular formula is C28H25BrN6OS. The lowest BCUT2D eigenvalue weighted by Crippen LogP contribution is -2.51. The number of rotatable bonds is 4. The molecule has 1 atom stereocenters. The highest BCUT2D eigenvalue weighted by molar-refractivity contribution is 9.10. The Labute approximate surface area is 228 Å². The summed E-state index contributed by atoms with van der Waals surface area (Å²) in [7, 11) is 0. The third-order valence-electron chi connectivity index (χ3n) is 7.22. The van der Waals surface area contributed by atoms with Crippen molar-refractivity contribution in [3.8, 4) is 0 Å². The fraction of sp³-hybridized carbons (Fsp3) is 0.286. The van der Waals surface area contributed by atoms with Crippen molar-refractivity contribution in [1.82, 2.24) is 14.9 Å². The van der Waals surface area contributed by atoms with Crippen LogP contribution in [0.2, 0.25) is 0 Å². The van der Waals surface area contributed by atoms with Crippen molar-refractivity contribution in [1.29, 1.82) is 0 Å². The van der Waals surface area contributed by atoms with Gasteiger partial charge in [0.25, 0.3) is 0 Å². The van der Waals surface area contributed by atoms with E-state index in [2.05, 4.69) is 41.0 Å². The molecule has 186 valence electrons. The lowest BCUT2D eigenvalue weighted by Gasteiger charge is -2.38. The summed E-state index contributed by atoms with van der Waals surface area (Å²) in [6.07, 6.45) is 4.09. The molecule has 0 spiro atoms. The van der Waals surface area contributed by atoms with Crippen LogP contribution in [0, 0.1) is 12.5 Å². The summed E-state index contributed by atoms with van der Waals surface area (Å²) >= 11 is 5.23. The van der Waals surface area contributed by atoms with Crippen LogP contribution in [-0.4, -0.2) is 47.0 Å². The number of amides is 1. The van der Waals surface area contributed by atoms with E-state index in [0.717, 1.165) is 77.3 Å². The van der Waals surface area contributed by atoms with E-state index in [1.807, 2.05) is 53.4 Å². The maximum Gasteiger partial charge on any atom is 0.226 e. The summed E-state index contributed by atoms with van der Waals surface area (Å²) in [6, 6.07) is 15.8. The third kappa shape index (κ3) is 4.79. The van der Waals surface area contributed by atoms with Crippen molar-refractivity contribution >= 4 is 66.3 Å². The lowest BCUT2D eigenvalue weighted by molar-refractivity contribution is -0.136. The first-order valence-corrected chi connectivity index (χ1v) is 14.0. The number of aryl methyl sites for hydroxylation is 1. The molecule has 1 aliphatic heterocycles. The molecule has 2 aromatic carbocycles. The molecule has 1 unspecified atom stereocenters. The monoisotopic (exact) mass is 572 g/mol. The number of anilines is 3. The number of nitrogens with one attached hydrogen (secondary N) is 1. The minimum Gasteiger partial charge on any atom is -0.368 e. The van der Waals surface area contributed by atoms with Crippen molar-refractivity contribution in [2.75, 3.05) is 36.4 Å². The van der Waals surface area contributed by atoms with E-state index in [9.17, 15) is 4.79 Å². The zero-order chi connectivity index (χ0) is 25.4. The van der Waals surface area contributed by atoms with Gasteiger partial charge in [0.1, 0.15) is 17.0 Å². The van der Waals surface area contributed by atoms with Crippen LogP contribution in [0.25, 0.3) is 15.1 Å². The van der Waals surface area contributed by atoms with Gasteiger partial charge in [-0.05, 0) is 55.2 Å². The Balaban J connectivity index is 1.14. The van der Waals surface area contributed by atoms with Crippen LogP contribution in [-0.2, 0) is 17.6 Å². The van der Waals surface area contributed by atoms with Crippen molar-refractivity contribution in [3.05, 3.63) is 81.2 Å². The maximum atomic E-state index is 13.5. The SMILES string of the molecule is [C-]#[N+]c1ccc(N2CCN(C(=O)C3CCc4c(sc5ncnc(Nc6cccc(Br)c6)c45)C3)CC2)cc1. The Morgan fingerprint density at radius 1 is 1.11 bits per heavy atom. The van der Waals surface area contributed by atoms with Crippen LogP contribution < -0.4 is 10.2 Å². The highest BCUT2D eigenvalue weighted by Gasteiger charge is 2.33. The molecule has 4 aromatic rings. The van der Waals surface area contributed by atoms with E-state index in [1.54, 1.807) is 17.7 Å². The van der Waals surface area contributed by atoms with Gasteiger partial charge in [-0.15, -0.1) is 11.3 Å². The number of carbonyl (C=O) groups excluding carboxylic acids is 1. The number of hydrogen-bond acceptors (Lipinski definition) is 6. The molecule has 1 N–H and O–H groups in total. The number of benzene rings is 2. The van der Waals surface area contributed by atoms with Crippen LogP contribution in [0.1, 0.15) is 16.9 Å². The molecule has 0 saturated carbocycles. The zero-order valence-corrected chi connectivity index (χ0v) is 22.6. The molecule has 6 rings (SSSR count). The summed E-state index contributed by atoms with van der Waals surface area (Å²) in [5.74, 6) is 1.11. The summed E-state index contributed by atoms with van der Waals surface area (Å²) in [5, 5.41) is 4.55. The van der Waals surface area contributed by atoms with Crippen LogP contribution in [0.15, 0.2) is 59.3 Å². The first kappa shape index (κ1) is 23.9. The minimum absolute atomic E-state index is 0.0134. The predicted octanol–water partition coefficient (Wildman–Crippen LogP) is 6.20. The number of hydrogen-bond donors (Lipinski definition) is 1. The van der Waals surface area contributed by atoms with Gasteiger partial charge in [-0.25, -0.2) is 14.8 Å². The topological polar surface area (TPSA) is 65.7 Å². The van der Waals surface area contributed by atoms with E-state index in [-0.39, 0.29) is 11.8 Å². The van der Waals surface area contributed by atoms with Gasteiger partial charge in [-0.3, -0.25) is 4.79 Å². The number of halogens is 1. The largest absolute Gasteiger partial charge is 0.368 e. The molecule has 37 heavy (non-hydrogen) atoms. The van der Waals surface area contributed by atoms with Crippen molar-refractivity contribution < 1.29 is 4.79 Å². The zero-order valence-electron chi connectivity index (χ0n) is 20.2. The molecule has 0 radical (unpaired) electrons. The Bertz CT molecular complexity index is 1500. The average molecular weight is 574 g/mol. The van der Waals surface area contributed by atoms with Gasteiger partial charge in [0.05, 0.1) is 12.0 Å². The van der Waals surface area contributed by atoms with Crippen molar-refractivity contribution in [3.63, 3.8) is 0 Å². The van der Waals surface area contributed by atoms with Crippen molar-refractivity contribution in [2.24, 2.45) is 5.92 Å². The van der Waals surface area contributed by atoms with E-state index in [4.69, 9.17) is 6.57 Å². The summed E-state index contributed by atoms with van der Waals surface area (Å²) in [4.78, 5) is 32.6. The van der Waals surface area contributed by atoms with Gasteiger partial charge in [0.2, 0.25) is 5.91 Å². The number of carbonyl (C=O) groups is 1. The Morgan fingerprint density at radius 2 is 1.92 bits per heavy atom. The van der Waals surface area contributed by atoms with Crippen LogP contribution in [0.4, 0.5) is 22.9 Å². The van der Waals surface area contributed by atoms with Crippen LogP contribution in [0.5, 0.6) is 0 Å². The number of fused-ring (bicyclic) bond motifs is 3. The van der Waals surface area contributed by atoms with Crippen molar-refractivity contribution in [2.45, 2.75) is 19.3 Å². The van der Waals surface area contributed by atoms with E-state index in [0.29, 0.717) is 5.69 Å². The van der Waals surface area contributed by atoms with E-state index < -0.39 is 0 Å².